The van der Waals surface area contributed by atoms with Gasteiger partial charge in [0.05, 0.1) is 11.1 Å². The van der Waals surface area contributed by atoms with E-state index in [1.54, 1.807) is 28.0 Å². The summed E-state index contributed by atoms with van der Waals surface area (Å²) in [7, 11) is 1.85. The normalized spacial score (nSPS) is 13.4. The summed E-state index contributed by atoms with van der Waals surface area (Å²) in [4.78, 5) is 35.8. The second-order valence-corrected chi connectivity index (χ2v) is 8.36. The Morgan fingerprint density at radius 1 is 1.42 bits per heavy atom. The van der Waals surface area contributed by atoms with Crippen molar-refractivity contribution in [2.24, 2.45) is 0 Å². The van der Waals surface area contributed by atoms with Crippen LogP contribution in [-0.4, -0.2) is 40.1 Å². The number of carbonyl (C=O) groups excluding carboxylic acids is 1. The van der Waals surface area contributed by atoms with Gasteiger partial charge in [0.2, 0.25) is 5.91 Å². The molecule has 7 heteroatoms. The minimum absolute atomic E-state index is 0.00578. The number of hydrogen-bond acceptors (Lipinski definition) is 5. The molecule has 24 heavy (non-hydrogen) atoms. The largest absolute Gasteiger partial charge is 0.346 e. The van der Waals surface area contributed by atoms with Crippen molar-refractivity contribution in [2.45, 2.75) is 44.8 Å². The zero-order valence-corrected chi connectivity index (χ0v) is 15.8. The lowest BCUT2D eigenvalue weighted by atomic mass is 10.2. The van der Waals surface area contributed by atoms with Gasteiger partial charge in [-0.25, -0.2) is 4.98 Å². The molecule has 0 aromatic carbocycles. The van der Waals surface area contributed by atoms with Crippen molar-refractivity contribution in [1.82, 2.24) is 14.9 Å². The van der Waals surface area contributed by atoms with Gasteiger partial charge in [0.1, 0.15) is 10.7 Å². The Bertz CT molecular complexity index is 797. The molecule has 0 bridgehead atoms. The molecular weight excluding hydrogens is 342 g/mol. The maximum atomic E-state index is 12.4. The van der Waals surface area contributed by atoms with Crippen molar-refractivity contribution in [3.63, 3.8) is 0 Å². The van der Waals surface area contributed by atoms with Crippen LogP contribution in [0.25, 0.3) is 10.2 Å². The second-order valence-electron chi connectivity index (χ2n) is 6.17. The first-order valence-electron chi connectivity index (χ1n) is 8.45. The Balaban J connectivity index is 1.58. The van der Waals surface area contributed by atoms with Gasteiger partial charge in [0.25, 0.3) is 5.56 Å². The van der Waals surface area contributed by atoms with Gasteiger partial charge in [0.15, 0.2) is 0 Å². The molecule has 2 aromatic rings. The molecule has 2 aromatic heterocycles. The van der Waals surface area contributed by atoms with Crippen molar-refractivity contribution in [3.8, 4) is 0 Å². The zero-order valence-electron chi connectivity index (χ0n) is 14.2. The Morgan fingerprint density at radius 2 is 2.25 bits per heavy atom. The van der Waals surface area contributed by atoms with Gasteiger partial charge in [-0.1, -0.05) is 6.92 Å². The van der Waals surface area contributed by atoms with Crippen LogP contribution in [-0.2, 0) is 23.4 Å². The molecule has 3 rings (SSSR count). The number of rotatable bonds is 7. The third-order valence-electron chi connectivity index (χ3n) is 4.31. The number of hydrogen-bond donors (Lipinski definition) is 1. The molecule has 0 aliphatic heterocycles. The maximum Gasteiger partial charge on any atom is 0.259 e. The summed E-state index contributed by atoms with van der Waals surface area (Å²) < 4.78 is 0. The van der Waals surface area contributed by atoms with Gasteiger partial charge in [-0.2, -0.15) is 11.8 Å². The van der Waals surface area contributed by atoms with Crippen LogP contribution in [0.15, 0.2) is 4.79 Å². The number of aromatic amines is 1. The van der Waals surface area contributed by atoms with Gasteiger partial charge in [-0.05, 0) is 31.2 Å². The number of carbonyl (C=O) groups is 1. The van der Waals surface area contributed by atoms with E-state index in [9.17, 15) is 9.59 Å². The number of thioether (sulfide) groups is 1. The molecule has 1 aliphatic rings. The monoisotopic (exact) mass is 365 g/mol. The number of thiophene rings is 1. The van der Waals surface area contributed by atoms with Crippen LogP contribution in [0, 0.1) is 0 Å². The summed E-state index contributed by atoms with van der Waals surface area (Å²) in [6.07, 6.45) is 4.73. The Morgan fingerprint density at radius 3 is 3.04 bits per heavy atom. The summed E-state index contributed by atoms with van der Waals surface area (Å²) in [5.41, 5.74) is 1.21. The molecule has 0 saturated carbocycles. The van der Waals surface area contributed by atoms with Crippen LogP contribution in [0.3, 0.4) is 0 Å². The highest BCUT2D eigenvalue weighted by atomic mass is 32.2. The lowest BCUT2D eigenvalue weighted by Gasteiger charge is -2.15. The van der Waals surface area contributed by atoms with Crippen molar-refractivity contribution in [3.05, 3.63) is 26.6 Å². The molecule has 0 saturated heterocycles. The van der Waals surface area contributed by atoms with Gasteiger partial charge in [-0.15, -0.1) is 11.3 Å². The summed E-state index contributed by atoms with van der Waals surface area (Å²) in [5, 5.41) is 0.803. The summed E-state index contributed by atoms with van der Waals surface area (Å²) >= 11 is 3.31. The standard InChI is InChI=1S/C17H23N3O2S2/c1-3-8-20(2)14(21)7-9-23-10-13-18-16(22)15-11-5-4-6-12(11)24-17(15)19-13/h3-10H2,1-2H3,(H,18,19,22). The summed E-state index contributed by atoms with van der Waals surface area (Å²) in [6, 6.07) is 0. The van der Waals surface area contributed by atoms with E-state index in [0.29, 0.717) is 18.0 Å². The lowest BCUT2D eigenvalue weighted by molar-refractivity contribution is -0.129. The molecule has 130 valence electrons. The molecule has 2 heterocycles. The highest BCUT2D eigenvalue weighted by Gasteiger charge is 2.21. The summed E-state index contributed by atoms with van der Waals surface area (Å²) in [6.45, 7) is 2.87. The minimum atomic E-state index is -0.00578. The molecular formula is C17H23N3O2S2. The van der Waals surface area contributed by atoms with E-state index in [2.05, 4.69) is 16.9 Å². The average Bonchev–Trinajstić information content (AvgIpc) is 3.11. The number of amides is 1. The number of nitrogens with zero attached hydrogens (tertiary/aromatic N) is 2. The Labute approximate surface area is 149 Å². The predicted octanol–water partition coefficient (Wildman–Crippen LogP) is 2.97. The molecule has 1 amide bonds. The van der Waals surface area contributed by atoms with Gasteiger partial charge in [-0.3, -0.25) is 9.59 Å². The highest BCUT2D eigenvalue weighted by Crippen LogP contribution is 2.34. The van der Waals surface area contributed by atoms with Crippen LogP contribution in [0.5, 0.6) is 0 Å². The van der Waals surface area contributed by atoms with E-state index >= 15 is 0 Å². The fraction of sp³-hybridized carbons (Fsp3) is 0.588. The number of aromatic nitrogens is 2. The number of fused-ring (bicyclic) bond motifs is 3. The van der Waals surface area contributed by atoms with E-state index in [0.717, 1.165) is 48.2 Å². The minimum Gasteiger partial charge on any atom is -0.346 e. The smallest absolute Gasteiger partial charge is 0.259 e. The first-order valence-corrected chi connectivity index (χ1v) is 10.4. The predicted molar refractivity (Wildman–Crippen MR) is 101 cm³/mol. The first-order chi connectivity index (χ1) is 11.6. The first kappa shape index (κ1) is 17.5. The number of H-pyrrole nitrogens is 1. The zero-order chi connectivity index (χ0) is 17.1. The average molecular weight is 366 g/mol. The van der Waals surface area contributed by atoms with Crippen molar-refractivity contribution in [2.75, 3.05) is 19.3 Å². The lowest BCUT2D eigenvalue weighted by Crippen LogP contribution is -2.27. The third-order valence-corrected chi connectivity index (χ3v) is 6.46. The highest BCUT2D eigenvalue weighted by molar-refractivity contribution is 7.98. The second kappa shape index (κ2) is 7.70. The van der Waals surface area contributed by atoms with E-state index in [-0.39, 0.29) is 11.5 Å². The van der Waals surface area contributed by atoms with E-state index < -0.39 is 0 Å². The van der Waals surface area contributed by atoms with E-state index in [1.165, 1.54) is 10.4 Å². The fourth-order valence-electron chi connectivity index (χ4n) is 3.09. The van der Waals surface area contributed by atoms with Gasteiger partial charge >= 0.3 is 0 Å². The van der Waals surface area contributed by atoms with Gasteiger partial charge < -0.3 is 9.88 Å². The molecule has 1 N–H and O–H groups in total. The molecule has 0 radical (unpaired) electrons. The van der Waals surface area contributed by atoms with Crippen molar-refractivity contribution in [1.29, 1.82) is 0 Å². The van der Waals surface area contributed by atoms with Crippen molar-refractivity contribution < 1.29 is 4.79 Å². The van der Waals surface area contributed by atoms with Crippen LogP contribution >= 0.6 is 23.1 Å². The van der Waals surface area contributed by atoms with Crippen LogP contribution in [0.4, 0.5) is 0 Å². The van der Waals surface area contributed by atoms with Crippen LogP contribution in [0.1, 0.15) is 42.5 Å². The van der Waals surface area contributed by atoms with Crippen LogP contribution < -0.4 is 5.56 Å². The quantitative estimate of drug-likeness (QED) is 0.766. The molecule has 0 spiro atoms. The molecule has 5 nitrogen and oxygen atoms in total. The van der Waals surface area contributed by atoms with E-state index in [1.807, 2.05) is 7.05 Å². The number of nitrogens with one attached hydrogen (secondary N) is 1. The summed E-state index contributed by atoms with van der Waals surface area (Å²) in [5.74, 6) is 2.27. The molecule has 0 fully saturated rings. The SMILES string of the molecule is CCCN(C)C(=O)CCSCc1nc2sc3c(c2c(=O)[nH]1)CCC3. The Hall–Kier alpha value is -1.34. The Kier molecular flexibility index (Phi) is 5.61. The van der Waals surface area contributed by atoms with E-state index in [4.69, 9.17) is 0 Å². The molecule has 0 unspecified atom stereocenters. The van der Waals surface area contributed by atoms with Crippen LogP contribution in [0.2, 0.25) is 0 Å². The third kappa shape index (κ3) is 3.67. The topological polar surface area (TPSA) is 66.1 Å². The fourth-order valence-corrected chi connectivity index (χ4v) is 5.17. The molecule has 1 aliphatic carbocycles. The number of aryl methyl sites for hydroxylation is 2. The van der Waals surface area contributed by atoms with Gasteiger partial charge in [0, 0.05) is 30.6 Å². The molecule has 0 atom stereocenters. The van der Waals surface area contributed by atoms with Crippen molar-refractivity contribution >= 4 is 39.2 Å². The maximum absolute atomic E-state index is 12.4.